The monoisotopic (exact) mass is 185 g/mol. The van der Waals surface area contributed by atoms with Crippen molar-refractivity contribution in [2.45, 2.75) is 24.8 Å². The highest BCUT2D eigenvalue weighted by Gasteiger charge is 2.40. The number of hydrogen-bond donors (Lipinski definition) is 1. The van der Waals surface area contributed by atoms with Crippen LogP contribution in [-0.2, 0) is 14.3 Å². The third-order valence-electron chi connectivity index (χ3n) is 2.61. The zero-order valence-corrected chi connectivity index (χ0v) is 7.62. The molecule has 1 unspecified atom stereocenters. The molecule has 1 atom stereocenters. The highest BCUT2D eigenvalue weighted by atomic mass is 16.5. The van der Waals surface area contributed by atoms with Crippen LogP contribution in [0.4, 0.5) is 0 Å². The number of esters is 1. The summed E-state index contributed by atoms with van der Waals surface area (Å²) in [6.45, 7) is 1.41. The molecular formula is C9H15NO3. The van der Waals surface area contributed by atoms with Crippen molar-refractivity contribution in [2.75, 3.05) is 19.8 Å². The lowest BCUT2D eigenvalue weighted by Crippen LogP contribution is -2.49. The second-order valence-corrected chi connectivity index (χ2v) is 4.00. The summed E-state index contributed by atoms with van der Waals surface area (Å²) < 4.78 is 10.2. The summed E-state index contributed by atoms with van der Waals surface area (Å²) in [4.78, 5) is 11.5. The zero-order chi connectivity index (χ0) is 9.31. The predicted octanol–water partition coefficient (Wildman–Crippen LogP) is 0.0574. The van der Waals surface area contributed by atoms with E-state index in [0.29, 0.717) is 32.2 Å². The Hall–Kier alpha value is -0.610. The molecule has 2 fully saturated rings. The first-order valence-electron chi connectivity index (χ1n) is 4.74. The lowest BCUT2D eigenvalue weighted by Gasteiger charge is -2.19. The molecule has 1 saturated heterocycles. The second-order valence-electron chi connectivity index (χ2n) is 4.00. The number of carbonyl (C=O) groups excluding carboxylic acids is 1. The summed E-state index contributed by atoms with van der Waals surface area (Å²) in [5.41, 5.74) is 4.94. The van der Waals surface area contributed by atoms with Crippen LogP contribution >= 0.6 is 0 Å². The molecule has 2 aliphatic rings. The van der Waals surface area contributed by atoms with E-state index in [-0.39, 0.29) is 5.97 Å². The largest absolute Gasteiger partial charge is 0.464 e. The molecule has 4 heteroatoms. The Morgan fingerprint density at radius 1 is 1.62 bits per heavy atom. The molecule has 1 aliphatic heterocycles. The van der Waals surface area contributed by atoms with E-state index in [4.69, 9.17) is 15.2 Å². The highest BCUT2D eigenvalue weighted by Crippen LogP contribution is 2.29. The molecule has 0 radical (unpaired) electrons. The Morgan fingerprint density at radius 2 is 2.38 bits per heavy atom. The average Bonchev–Trinajstić information content (AvgIpc) is 2.84. The Morgan fingerprint density at radius 3 is 2.92 bits per heavy atom. The number of nitrogens with two attached hydrogens (primary N) is 1. The lowest BCUT2D eigenvalue weighted by atomic mass is 10.0. The van der Waals surface area contributed by atoms with Gasteiger partial charge < -0.3 is 15.2 Å². The van der Waals surface area contributed by atoms with Gasteiger partial charge in [-0.1, -0.05) is 0 Å². The first kappa shape index (κ1) is 8.97. The van der Waals surface area contributed by atoms with E-state index in [9.17, 15) is 4.79 Å². The van der Waals surface area contributed by atoms with Gasteiger partial charge in [-0.15, -0.1) is 0 Å². The van der Waals surface area contributed by atoms with Crippen LogP contribution in [0.25, 0.3) is 0 Å². The van der Waals surface area contributed by atoms with E-state index in [2.05, 4.69) is 0 Å². The highest BCUT2D eigenvalue weighted by molar-refractivity contribution is 5.81. The molecule has 0 bridgehead atoms. The molecule has 2 rings (SSSR count). The Bertz CT molecular complexity index is 207. The van der Waals surface area contributed by atoms with Gasteiger partial charge in [0.2, 0.25) is 0 Å². The van der Waals surface area contributed by atoms with Crippen molar-refractivity contribution in [2.24, 2.45) is 11.7 Å². The minimum absolute atomic E-state index is 0.295. The van der Waals surface area contributed by atoms with Gasteiger partial charge in [-0.2, -0.15) is 0 Å². The Kier molecular flexibility index (Phi) is 2.26. The topological polar surface area (TPSA) is 61.6 Å². The van der Waals surface area contributed by atoms with Gasteiger partial charge in [0.05, 0.1) is 13.2 Å². The summed E-state index contributed by atoms with van der Waals surface area (Å²) >= 11 is 0. The predicted molar refractivity (Wildman–Crippen MR) is 46.0 cm³/mol. The summed E-state index contributed by atoms with van der Waals surface area (Å²) in [5.74, 6) is 0.298. The van der Waals surface area contributed by atoms with Crippen LogP contribution in [-0.4, -0.2) is 31.3 Å². The van der Waals surface area contributed by atoms with E-state index in [1.54, 1.807) is 0 Å². The van der Waals surface area contributed by atoms with Gasteiger partial charge >= 0.3 is 5.97 Å². The van der Waals surface area contributed by atoms with Crippen LogP contribution in [0, 0.1) is 5.92 Å². The van der Waals surface area contributed by atoms with Crippen LogP contribution in [0.1, 0.15) is 19.3 Å². The molecule has 1 heterocycles. The summed E-state index contributed by atoms with van der Waals surface area (Å²) in [7, 11) is 0. The van der Waals surface area contributed by atoms with E-state index in [1.807, 2.05) is 0 Å². The third kappa shape index (κ3) is 2.00. The smallest absolute Gasteiger partial charge is 0.328 e. The van der Waals surface area contributed by atoms with Gasteiger partial charge in [0.25, 0.3) is 0 Å². The molecule has 0 amide bonds. The molecule has 13 heavy (non-hydrogen) atoms. The fourth-order valence-corrected chi connectivity index (χ4v) is 1.36. The van der Waals surface area contributed by atoms with Gasteiger partial charge in [0.1, 0.15) is 5.54 Å². The standard InChI is InChI=1S/C9H15NO3/c10-9(3-4-12-6-9)8(11)13-5-7-1-2-7/h7H,1-6,10H2. The van der Waals surface area contributed by atoms with Crippen molar-refractivity contribution in [1.82, 2.24) is 0 Å². The van der Waals surface area contributed by atoms with Gasteiger partial charge in [-0.3, -0.25) is 0 Å². The van der Waals surface area contributed by atoms with Crippen molar-refractivity contribution in [3.05, 3.63) is 0 Å². The summed E-state index contributed by atoms with van der Waals surface area (Å²) in [6.07, 6.45) is 2.94. The second kappa shape index (κ2) is 3.27. The van der Waals surface area contributed by atoms with E-state index in [1.165, 1.54) is 12.8 Å². The van der Waals surface area contributed by atoms with Crippen LogP contribution in [0.15, 0.2) is 0 Å². The Labute approximate surface area is 77.4 Å². The van der Waals surface area contributed by atoms with Crippen molar-refractivity contribution in [1.29, 1.82) is 0 Å². The molecule has 74 valence electrons. The third-order valence-corrected chi connectivity index (χ3v) is 2.61. The van der Waals surface area contributed by atoms with Crippen LogP contribution in [0.5, 0.6) is 0 Å². The number of ether oxygens (including phenoxy) is 2. The van der Waals surface area contributed by atoms with Crippen LogP contribution < -0.4 is 5.73 Å². The maximum atomic E-state index is 11.5. The zero-order valence-electron chi connectivity index (χ0n) is 7.62. The van der Waals surface area contributed by atoms with Crippen LogP contribution in [0.2, 0.25) is 0 Å². The number of carbonyl (C=O) groups is 1. The van der Waals surface area contributed by atoms with E-state index >= 15 is 0 Å². The van der Waals surface area contributed by atoms with Crippen molar-refractivity contribution in [3.63, 3.8) is 0 Å². The first-order chi connectivity index (χ1) is 6.21. The molecule has 2 N–H and O–H groups in total. The van der Waals surface area contributed by atoms with Crippen molar-refractivity contribution in [3.8, 4) is 0 Å². The summed E-state index contributed by atoms with van der Waals surface area (Å²) in [6, 6.07) is 0. The van der Waals surface area contributed by atoms with Crippen LogP contribution in [0.3, 0.4) is 0 Å². The molecular weight excluding hydrogens is 170 g/mol. The first-order valence-corrected chi connectivity index (χ1v) is 4.74. The maximum absolute atomic E-state index is 11.5. The summed E-state index contributed by atoms with van der Waals surface area (Å²) in [5, 5.41) is 0. The van der Waals surface area contributed by atoms with Gasteiger partial charge in [-0.05, 0) is 18.8 Å². The lowest BCUT2D eigenvalue weighted by molar-refractivity contribution is -0.150. The van der Waals surface area contributed by atoms with E-state index < -0.39 is 5.54 Å². The minimum Gasteiger partial charge on any atom is -0.464 e. The molecule has 1 aliphatic carbocycles. The maximum Gasteiger partial charge on any atom is 0.328 e. The van der Waals surface area contributed by atoms with Gasteiger partial charge in [-0.25, -0.2) is 4.79 Å². The molecule has 0 spiro atoms. The van der Waals surface area contributed by atoms with Gasteiger partial charge in [0.15, 0.2) is 0 Å². The normalized spacial score (nSPS) is 33.3. The fraction of sp³-hybridized carbons (Fsp3) is 0.889. The SMILES string of the molecule is NC1(C(=O)OCC2CC2)CCOC1. The molecule has 1 saturated carbocycles. The van der Waals surface area contributed by atoms with Gasteiger partial charge in [0, 0.05) is 13.0 Å². The Balaban J connectivity index is 1.80. The van der Waals surface area contributed by atoms with Crippen molar-refractivity contribution >= 4 is 5.97 Å². The van der Waals surface area contributed by atoms with Crippen molar-refractivity contribution < 1.29 is 14.3 Å². The quantitative estimate of drug-likeness (QED) is 0.631. The number of hydrogen-bond acceptors (Lipinski definition) is 4. The molecule has 0 aromatic heterocycles. The molecule has 4 nitrogen and oxygen atoms in total. The molecule has 0 aromatic carbocycles. The van der Waals surface area contributed by atoms with E-state index in [0.717, 1.165) is 0 Å². The minimum atomic E-state index is -0.866. The number of rotatable bonds is 3. The fourth-order valence-electron chi connectivity index (χ4n) is 1.36. The molecule has 0 aromatic rings. The average molecular weight is 185 g/mol.